The molecule has 0 aliphatic carbocycles. The van der Waals surface area contributed by atoms with E-state index in [0.29, 0.717) is 10.8 Å². The van der Waals surface area contributed by atoms with Crippen LogP contribution in [0.2, 0.25) is 0 Å². The molecular formula is C20H19NO5. The SMILES string of the molecule is CCC(CC)Oc1ccc(C(=O)ON2C(=O)c3ccccc3C2=O)cc1. The molecule has 0 saturated carbocycles. The largest absolute Gasteiger partial charge is 0.490 e. The molecule has 6 heteroatoms. The predicted octanol–water partition coefficient (Wildman–Crippen LogP) is 3.62. The van der Waals surface area contributed by atoms with Crippen molar-refractivity contribution in [3.8, 4) is 5.75 Å². The van der Waals surface area contributed by atoms with E-state index < -0.39 is 17.8 Å². The summed E-state index contributed by atoms with van der Waals surface area (Å²) < 4.78 is 5.79. The molecule has 1 aliphatic rings. The molecule has 2 aromatic rings. The summed E-state index contributed by atoms with van der Waals surface area (Å²) in [5, 5.41) is 0.502. The van der Waals surface area contributed by atoms with Crippen LogP contribution in [0.3, 0.4) is 0 Å². The van der Waals surface area contributed by atoms with Gasteiger partial charge in [0, 0.05) is 0 Å². The van der Waals surface area contributed by atoms with Gasteiger partial charge in [0.05, 0.1) is 22.8 Å². The summed E-state index contributed by atoms with van der Waals surface area (Å²) in [7, 11) is 0. The van der Waals surface area contributed by atoms with E-state index in [4.69, 9.17) is 9.57 Å². The van der Waals surface area contributed by atoms with Crippen molar-refractivity contribution >= 4 is 17.8 Å². The molecule has 0 aromatic heterocycles. The number of fused-ring (bicyclic) bond motifs is 1. The second kappa shape index (κ2) is 7.39. The Morgan fingerprint density at radius 1 is 0.923 bits per heavy atom. The standard InChI is InChI=1S/C20H19NO5/c1-3-14(4-2)25-15-11-9-13(10-12-15)20(24)26-21-18(22)16-7-5-6-8-17(16)19(21)23/h5-12,14H,3-4H2,1-2H3. The number of nitrogens with zero attached hydrogens (tertiary/aromatic N) is 1. The van der Waals surface area contributed by atoms with Gasteiger partial charge in [-0.2, -0.15) is 0 Å². The second-order valence-corrected chi connectivity index (χ2v) is 5.91. The zero-order valence-corrected chi connectivity index (χ0v) is 14.6. The molecule has 2 aromatic carbocycles. The highest BCUT2D eigenvalue weighted by Gasteiger charge is 2.38. The van der Waals surface area contributed by atoms with Gasteiger partial charge in [0.25, 0.3) is 11.8 Å². The molecule has 0 unspecified atom stereocenters. The molecule has 134 valence electrons. The first kappa shape index (κ1) is 17.7. The highest BCUT2D eigenvalue weighted by atomic mass is 16.7. The van der Waals surface area contributed by atoms with Gasteiger partial charge in [0.2, 0.25) is 0 Å². The lowest BCUT2D eigenvalue weighted by atomic mass is 10.1. The quantitative estimate of drug-likeness (QED) is 0.742. The fourth-order valence-corrected chi connectivity index (χ4v) is 2.70. The number of benzene rings is 2. The summed E-state index contributed by atoms with van der Waals surface area (Å²) in [4.78, 5) is 41.7. The molecule has 0 atom stereocenters. The van der Waals surface area contributed by atoms with Crippen molar-refractivity contribution in [2.75, 3.05) is 0 Å². The summed E-state index contributed by atoms with van der Waals surface area (Å²) in [6, 6.07) is 12.7. The number of rotatable bonds is 6. The van der Waals surface area contributed by atoms with E-state index in [-0.39, 0.29) is 22.8 Å². The maximum atomic E-state index is 12.3. The van der Waals surface area contributed by atoms with Crippen LogP contribution >= 0.6 is 0 Å². The van der Waals surface area contributed by atoms with Crippen molar-refractivity contribution in [2.24, 2.45) is 0 Å². The molecule has 1 heterocycles. The van der Waals surface area contributed by atoms with Crippen molar-refractivity contribution < 1.29 is 24.0 Å². The second-order valence-electron chi connectivity index (χ2n) is 5.91. The Bertz CT molecular complexity index is 805. The van der Waals surface area contributed by atoms with Crippen LogP contribution in [0.5, 0.6) is 5.75 Å². The molecule has 0 fully saturated rings. The minimum atomic E-state index is -0.784. The average molecular weight is 353 g/mol. The fraction of sp³-hybridized carbons (Fsp3) is 0.250. The molecule has 3 rings (SSSR count). The van der Waals surface area contributed by atoms with E-state index in [1.165, 1.54) is 24.3 Å². The predicted molar refractivity (Wildman–Crippen MR) is 93.8 cm³/mol. The minimum absolute atomic E-state index is 0.117. The van der Waals surface area contributed by atoms with E-state index in [2.05, 4.69) is 0 Å². The van der Waals surface area contributed by atoms with Crippen molar-refractivity contribution in [1.29, 1.82) is 0 Å². The Balaban J connectivity index is 1.69. The molecule has 0 spiro atoms. The maximum Gasteiger partial charge on any atom is 0.363 e. The van der Waals surface area contributed by atoms with Gasteiger partial charge in [0.15, 0.2) is 0 Å². The van der Waals surface area contributed by atoms with Gasteiger partial charge in [-0.1, -0.05) is 31.0 Å². The van der Waals surface area contributed by atoms with Crippen LogP contribution in [-0.4, -0.2) is 29.0 Å². The van der Waals surface area contributed by atoms with Crippen LogP contribution in [0, 0.1) is 0 Å². The topological polar surface area (TPSA) is 72.9 Å². The summed E-state index contributed by atoms with van der Waals surface area (Å²) in [6.45, 7) is 4.09. The summed E-state index contributed by atoms with van der Waals surface area (Å²) in [6.07, 6.45) is 1.89. The molecule has 0 saturated heterocycles. The van der Waals surface area contributed by atoms with Crippen molar-refractivity contribution in [3.63, 3.8) is 0 Å². The van der Waals surface area contributed by atoms with Crippen LogP contribution < -0.4 is 4.74 Å². The van der Waals surface area contributed by atoms with Crippen molar-refractivity contribution in [3.05, 3.63) is 65.2 Å². The number of hydrogen-bond acceptors (Lipinski definition) is 5. The highest BCUT2D eigenvalue weighted by molar-refractivity contribution is 6.21. The van der Waals surface area contributed by atoms with E-state index in [1.807, 2.05) is 13.8 Å². The first-order valence-electron chi connectivity index (χ1n) is 8.52. The van der Waals surface area contributed by atoms with Crippen LogP contribution in [0.25, 0.3) is 0 Å². The third kappa shape index (κ3) is 3.31. The van der Waals surface area contributed by atoms with Gasteiger partial charge in [-0.3, -0.25) is 9.59 Å². The molecular weight excluding hydrogens is 334 g/mol. The average Bonchev–Trinajstić information content (AvgIpc) is 2.91. The van der Waals surface area contributed by atoms with E-state index in [9.17, 15) is 14.4 Å². The lowest BCUT2D eigenvalue weighted by Gasteiger charge is -2.16. The number of hydroxylamine groups is 2. The number of ether oxygens (including phenoxy) is 1. The number of carbonyl (C=O) groups excluding carboxylic acids is 3. The molecule has 26 heavy (non-hydrogen) atoms. The smallest absolute Gasteiger partial charge is 0.363 e. The first-order valence-corrected chi connectivity index (χ1v) is 8.52. The summed E-state index contributed by atoms with van der Waals surface area (Å²) >= 11 is 0. The highest BCUT2D eigenvalue weighted by Crippen LogP contribution is 2.24. The van der Waals surface area contributed by atoms with Crippen molar-refractivity contribution in [1.82, 2.24) is 5.06 Å². The van der Waals surface area contributed by atoms with Gasteiger partial charge < -0.3 is 9.57 Å². The lowest BCUT2D eigenvalue weighted by Crippen LogP contribution is -2.32. The van der Waals surface area contributed by atoms with Gasteiger partial charge in [-0.05, 0) is 49.2 Å². The molecule has 0 bridgehead atoms. The van der Waals surface area contributed by atoms with Crippen LogP contribution in [0.4, 0.5) is 0 Å². The lowest BCUT2D eigenvalue weighted by molar-refractivity contribution is -0.0584. The molecule has 1 aliphatic heterocycles. The van der Waals surface area contributed by atoms with Crippen LogP contribution in [-0.2, 0) is 4.84 Å². The van der Waals surface area contributed by atoms with E-state index >= 15 is 0 Å². The van der Waals surface area contributed by atoms with Crippen molar-refractivity contribution in [2.45, 2.75) is 32.8 Å². The number of amides is 2. The third-order valence-corrected chi connectivity index (χ3v) is 4.23. The molecule has 0 radical (unpaired) electrons. The van der Waals surface area contributed by atoms with Gasteiger partial charge >= 0.3 is 5.97 Å². The Morgan fingerprint density at radius 3 is 1.96 bits per heavy atom. The van der Waals surface area contributed by atoms with E-state index in [1.54, 1.807) is 24.3 Å². The van der Waals surface area contributed by atoms with Crippen LogP contribution in [0.15, 0.2) is 48.5 Å². The van der Waals surface area contributed by atoms with E-state index in [0.717, 1.165) is 12.8 Å². The Hall–Kier alpha value is -3.15. The van der Waals surface area contributed by atoms with Gasteiger partial charge in [-0.15, -0.1) is 0 Å². The first-order chi connectivity index (χ1) is 12.5. The maximum absolute atomic E-state index is 12.3. The Kier molecular flexibility index (Phi) is 5.02. The van der Waals surface area contributed by atoms with Crippen LogP contribution in [0.1, 0.15) is 57.8 Å². The molecule has 0 N–H and O–H groups in total. The number of hydrogen-bond donors (Lipinski definition) is 0. The number of carbonyl (C=O) groups is 3. The van der Waals surface area contributed by atoms with Gasteiger partial charge in [0.1, 0.15) is 5.75 Å². The normalized spacial score (nSPS) is 13.1. The summed E-state index contributed by atoms with van der Waals surface area (Å²) in [5.41, 5.74) is 0.664. The molecule has 6 nitrogen and oxygen atoms in total. The zero-order chi connectivity index (χ0) is 18.7. The Labute approximate surface area is 151 Å². The van der Waals surface area contributed by atoms with Gasteiger partial charge in [-0.25, -0.2) is 4.79 Å². The Morgan fingerprint density at radius 2 is 1.46 bits per heavy atom. The third-order valence-electron chi connectivity index (χ3n) is 4.23. The monoisotopic (exact) mass is 353 g/mol. The fourth-order valence-electron chi connectivity index (χ4n) is 2.70. The molecule has 2 amide bonds. The summed E-state index contributed by atoms with van der Waals surface area (Å²) in [5.74, 6) is -1.43. The number of imide groups is 1. The zero-order valence-electron chi connectivity index (χ0n) is 14.6. The minimum Gasteiger partial charge on any atom is -0.490 e.